The van der Waals surface area contributed by atoms with Gasteiger partial charge < -0.3 is 15.5 Å². The van der Waals surface area contributed by atoms with Gasteiger partial charge in [0.2, 0.25) is 5.91 Å². The monoisotopic (exact) mass is 516 g/mol. The van der Waals surface area contributed by atoms with Crippen LogP contribution in [0.5, 0.6) is 0 Å². The molecule has 4 saturated heterocycles. The summed E-state index contributed by atoms with van der Waals surface area (Å²) >= 11 is 0. The number of carbonyl (C=O) groups excluding carboxylic acids is 2. The van der Waals surface area contributed by atoms with Gasteiger partial charge in [0.15, 0.2) is 0 Å². The Labute approximate surface area is 226 Å². The molecule has 6 rings (SSSR count). The van der Waals surface area contributed by atoms with Crippen LogP contribution in [0.1, 0.15) is 79.4 Å². The van der Waals surface area contributed by atoms with Gasteiger partial charge in [-0.1, -0.05) is 6.07 Å². The van der Waals surface area contributed by atoms with Crippen LogP contribution >= 0.6 is 0 Å². The topological polar surface area (TPSA) is 74.3 Å². The number of aryl methyl sites for hydroxylation is 1. The van der Waals surface area contributed by atoms with E-state index in [0.29, 0.717) is 30.7 Å². The Morgan fingerprint density at radius 1 is 1.08 bits per heavy atom. The summed E-state index contributed by atoms with van der Waals surface area (Å²) in [4.78, 5) is 32.3. The van der Waals surface area contributed by atoms with Gasteiger partial charge in [-0.25, -0.2) is 0 Å². The lowest BCUT2D eigenvalue weighted by atomic mass is 9.70. The number of hydrogen-bond donors (Lipinski definition) is 2. The zero-order valence-electron chi connectivity index (χ0n) is 22.9. The van der Waals surface area contributed by atoms with Crippen molar-refractivity contribution in [3.05, 3.63) is 59.4 Å². The van der Waals surface area contributed by atoms with Crippen LogP contribution in [0, 0.1) is 12.3 Å². The Balaban J connectivity index is 1.14. The van der Waals surface area contributed by atoms with E-state index in [-0.39, 0.29) is 23.3 Å². The zero-order valence-corrected chi connectivity index (χ0v) is 22.9. The third kappa shape index (κ3) is 4.24. The molecule has 4 aliphatic rings. The Hall–Kier alpha value is -2.77. The molecule has 4 aliphatic heterocycles. The lowest BCUT2D eigenvalue weighted by Crippen LogP contribution is -2.59. The van der Waals surface area contributed by atoms with E-state index in [1.807, 2.05) is 4.90 Å². The smallest absolute Gasteiger partial charge is 0.253 e. The highest BCUT2D eigenvalue weighted by atomic mass is 16.2. The van der Waals surface area contributed by atoms with E-state index < -0.39 is 0 Å². The van der Waals surface area contributed by atoms with Crippen molar-refractivity contribution in [2.45, 2.75) is 76.9 Å². The molecule has 38 heavy (non-hydrogen) atoms. The molecule has 2 unspecified atom stereocenters. The number of hydrogen-bond acceptors (Lipinski definition) is 4. The molecule has 2 aromatic rings. The van der Waals surface area contributed by atoms with Crippen molar-refractivity contribution in [3.8, 4) is 0 Å². The maximum Gasteiger partial charge on any atom is 0.253 e. The molecular weight excluding hydrogens is 474 g/mol. The molecule has 1 spiro atoms. The number of nitrogens with one attached hydrogen (secondary N) is 2. The van der Waals surface area contributed by atoms with Crippen LogP contribution in [-0.2, 0) is 4.79 Å². The highest BCUT2D eigenvalue weighted by molar-refractivity contribution is 5.94. The van der Waals surface area contributed by atoms with E-state index in [4.69, 9.17) is 0 Å². The number of pyridine rings is 1. The summed E-state index contributed by atoms with van der Waals surface area (Å²) in [5.41, 5.74) is 4.32. The summed E-state index contributed by atoms with van der Waals surface area (Å²) in [6.45, 7) is 9.38. The predicted molar refractivity (Wildman–Crippen MR) is 150 cm³/mol. The maximum absolute atomic E-state index is 13.5. The van der Waals surface area contributed by atoms with Crippen LogP contribution in [0.4, 0.5) is 5.69 Å². The molecule has 7 heteroatoms. The lowest BCUT2D eigenvalue weighted by Gasteiger charge is -2.45. The molecule has 0 radical (unpaired) electrons. The van der Waals surface area contributed by atoms with Crippen molar-refractivity contribution in [1.29, 1.82) is 0 Å². The van der Waals surface area contributed by atoms with Crippen LogP contribution in [0.2, 0.25) is 0 Å². The molecule has 4 fully saturated rings. The summed E-state index contributed by atoms with van der Waals surface area (Å²) in [5.74, 6) is 0.204. The Kier molecular flexibility index (Phi) is 6.77. The molecule has 2 N–H and O–H groups in total. The summed E-state index contributed by atoms with van der Waals surface area (Å²) in [6.07, 6.45) is 10.4. The molecule has 0 aliphatic carbocycles. The molecule has 5 heterocycles. The predicted octanol–water partition coefficient (Wildman–Crippen LogP) is 4.12. The number of likely N-dealkylation sites (tertiary alicyclic amines) is 2. The summed E-state index contributed by atoms with van der Waals surface area (Å²) in [6, 6.07) is 12.0. The van der Waals surface area contributed by atoms with Gasteiger partial charge in [0, 0.05) is 69.5 Å². The van der Waals surface area contributed by atoms with Crippen molar-refractivity contribution in [1.82, 2.24) is 25.0 Å². The fourth-order valence-corrected chi connectivity index (χ4v) is 8.02. The van der Waals surface area contributed by atoms with Gasteiger partial charge in [0.1, 0.15) is 11.7 Å². The quantitative estimate of drug-likeness (QED) is 0.600. The SMILES string of the molecule is Cc1cc([N+]2([C@H]3CCNC3)CCC[C@@H]2C)ccc1C1CCC2(CCN(C(=O)c3ccncc3)CC2)C(=O)N1. The molecule has 0 bridgehead atoms. The normalized spacial score (nSPS) is 30.9. The Morgan fingerprint density at radius 3 is 2.50 bits per heavy atom. The van der Waals surface area contributed by atoms with Gasteiger partial charge in [-0.3, -0.25) is 19.1 Å². The zero-order chi connectivity index (χ0) is 26.3. The van der Waals surface area contributed by atoms with Crippen molar-refractivity contribution in [2.24, 2.45) is 5.41 Å². The average Bonchev–Trinajstić information content (AvgIpc) is 3.62. The van der Waals surface area contributed by atoms with Gasteiger partial charge in [0.25, 0.3) is 5.91 Å². The first-order chi connectivity index (χ1) is 18.4. The van der Waals surface area contributed by atoms with E-state index in [0.717, 1.165) is 43.3 Å². The highest BCUT2D eigenvalue weighted by Crippen LogP contribution is 2.45. The molecule has 1 aromatic carbocycles. The average molecular weight is 517 g/mol. The number of nitrogens with zero attached hydrogens (tertiary/aromatic N) is 3. The molecule has 4 atom stereocenters. The van der Waals surface area contributed by atoms with Crippen molar-refractivity contribution in [2.75, 3.05) is 32.7 Å². The molecule has 7 nitrogen and oxygen atoms in total. The van der Waals surface area contributed by atoms with E-state index in [9.17, 15) is 9.59 Å². The van der Waals surface area contributed by atoms with Crippen LogP contribution in [0.3, 0.4) is 0 Å². The number of carbonyl (C=O) groups is 2. The molecule has 0 saturated carbocycles. The van der Waals surface area contributed by atoms with Gasteiger partial charge >= 0.3 is 0 Å². The van der Waals surface area contributed by atoms with Crippen LogP contribution in [0.15, 0.2) is 42.7 Å². The number of amides is 2. The third-order valence-corrected chi connectivity index (χ3v) is 10.4. The van der Waals surface area contributed by atoms with Crippen LogP contribution in [-0.4, -0.2) is 66.5 Å². The van der Waals surface area contributed by atoms with E-state index >= 15 is 0 Å². The van der Waals surface area contributed by atoms with Crippen LogP contribution < -0.4 is 15.1 Å². The standard InChI is InChI=1S/C31H41N5O2/c1-22-20-25(36(19-3-4-23(36)2)26-10-16-33-21-26)5-6-27(22)28-7-11-31(30(38)34-28)12-17-35(18-13-31)29(37)24-8-14-32-15-9-24/h5-6,8-9,14-15,20,23,26,28,33H,3-4,7,10-13,16-19,21H2,1-2H3/p+1/t23-,26-,28?,36?/m0/s1. The van der Waals surface area contributed by atoms with Gasteiger partial charge in [-0.15, -0.1) is 0 Å². The number of quaternary nitrogens is 1. The first-order valence-corrected chi connectivity index (χ1v) is 14.6. The molecule has 1 aromatic heterocycles. The van der Waals surface area contributed by atoms with Crippen molar-refractivity contribution in [3.63, 3.8) is 0 Å². The Morgan fingerprint density at radius 2 is 1.87 bits per heavy atom. The minimum Gasteiger partial charge on any atom is -0.349 e. The second kappa shape index (κ2) is 10.1. The Bertz CT molecular complexity index is 1190. The van der Waals surface area contributed by atoms with E-state index in [2.05, 4.69) is 47.7 Å². The molecule has 202 valence electrons. The third-order valence-electron chi connectivity index (χ3n) is 10.4. The van der Waals surface area contributed by atoms with Crippen LogP contribution in [0.25, 0.3) is 0 Å². The van der Waals surface area contributed by atoms with E-state index in [1.165, 1.54) is 42.6 Å². The fourth-order valence-electron chi connectivity index (χ4n) is 8.02. The first kappa shape index (κ1) is 25.5. The number of aromatic nitrogens is 1. The largest absolute Gasteiger partial charge is 0.349 e. The second-order valence-electron chi connectivity index (χ2n) is 12.2. The fraction of sp³-hybridized carbons (Fsp3) is 0.581. The summed E-state index contributed by atoms with van der Waals surface area (Å²) in [7, 11) is 0. The van der Waals surface area contributed by atoms with Gasteiger partial charge in [0.05, 0.1) is 24.0 Å². The summed E-state index contributed by atoms with van der Waals surface area (Å²) < 4.78 is 1.11. The minimum absolute atomic E-state index is 0.0354. The molecule has 2 amide bonds. The van der Waals surface area contributed by atoms with E-state index in [1.54, 1.807) is 24.5 Å². The van der Waals surface area contributed by atoms with Gasteiger partial charge in [-0.2, -0.15) is 0 Å². The van der Waals surface area contributed by atoms with Crippen molar-refractivity contribution < 1.29 is 9.59 Å². The lowest BCUT2D eigenvalue weighted by molar-refractivity contribution is -0.138. The first-order valence-electron chi connectivity index (χ1n) is 14.6. The second-order valence-corrected chi connectivity index (χ2v) is 12.2. The minimum atomic E-state index is -0.352. The van der Waals surface area contributed by atoms with Gasteiger partial charge in [-0.05, 0) is 68.9 Å². The number of piperidine rings is 2. The number of benzene rings is 1. The molecular formula is C31H42N5O2+. The highest BCUT2D eigenvalue weighted by Gasteiger charge is 2.49. The maximum atomic E-state index is 13.5. The number of rotatable bonds is 4. The summed E-state index contributed by atoms with van der Waals surface area (Å²) in [5, 5.41) is 7.01. The van der Waals surface area contributed by atoms with Crippen molar-refractivity contribution >= 4 is 17.5 Å².